The average molecular weight is 536 g/mol. The van der Waals surface area contributed by atoms with Gasteiger partial charge in [0.25, 0.3) is 5.91 Å². The van der Waals surface area contributed by atoms with Crippen LogP contribution in [0.5, 0.6) is 0 Å². The lowest BCUT2D eigenvalue weighted by atomic mass is 9.90. The molecule has 0 unspecified atom stereocenters. The van der Waals surface area contributed by atoms with E-state index in [9.17, 15) is 14.4 Å². The average Bonchev–Trinajstić information content (AvgIpc) is 3.57. The second kappa shape index (κ2) is 10.2. The molecule has 1 amide bonds. The molecule has 40 heavy (non-hydrogen) atoms. The zero-order valence-electron chi connectivity index (χ0n) is 22.8. The van der Waals surface area contributed by atoms with Crippen molar-refractivity contribution < 1.29 is 9.18 Å². The van der Waals surface area contributed by atoms with Crippen molar-refractivity contribution in [2.24, 2.45) is 0 Å². The number of benzene rings is 2. The quantitative estimate of drug-likeness (QED) is 0.330. The molecule has 202 valence electrons. The van der Waals surface area contributed by atoms with E-state index >= 15 is 0 Å². The Kier molecular flexibility index (Phi) is 6.56. The molecule has 0 atom stereocenters. The number of aromatic nitrogens is 4. The number of nitriles is 1. The normalized spacial score (nSPS) is 14.6. The van der Waals surface area contributed by atoms with Gasteiger partial charge >= 0.3 is 0 Å². The number of hydrogen-bond donors (Lipinski definition) is 1. The van der Waals surface area contributed by atoms with Crippen LogP contribution in [-0.2, 0) is 6.54 Å². The van der Waals surface area contributed by atoms with Crippen LogP contribution in [0.3, 0.4) is 0 Å². The standard InChI is InChI=1S/C31H30FN7O/c1-19-21(4-6-27-24(19)13-23(14-33)36-27)16-38-10-8-20(9-11-38)26-17-39(29-15-34-18-35-30(26)29)28-7-5-22(32)12-25(28)31(40)37(2)3/h4-7,12-13,15,17-18,20,36H,8-11,16H2,1-3H3. The first-order valence-corrected chi connectivity index (χ1v) is 13.4. The first-order chi connectivity index (χ1) is 19.3. The van der Waals surface area contributed by atoms with Gasteiger partial charge in [-0.3, -0.25) is 9.69 Å². The van der Waals surface area contributed by atoms with Crippen LogP contribution in [0.1, 0.15) is 51.5 Å². The SMILES string of the molecule is Cc1c(CN2CCC(c3cn(-c4ccc(F)cc4C(=O)N(C)C)c4cncnc34)CC2)ccc2[nH]c(C#N)cc12. The van der Waals surface area contributed by atoms with Crippen molar-refractivity contribution >= 4 is 27.8 Å². The van der Waals surface area contributed by atoms with Gasteiger partial charge in [-0.25, -0.2) is 14.4 Å². The number of nitrogens with one attached hydrogen (secondary N) is 1. The van der Waals surface area contributed by atoms with E-state index < -0.39 is 5.82 Å². The number of nitrogens with zero attached hydrogens (tertiary/aromatic N) is 6. The van der Waals surface area contributed by atoms with Crippen molar-refractivity contribution in [1.82, 2.24) is 29.3 Å². The fraction of sp³-hybridized carbons (Fsp3) is 0.290. The number of aromatic amines is 1. The van der Waals surface area contributed by atoms with E-state index in [2.05, 4.69) is 51.2 Å². The minimum Gasteiger partial charge on any atom is -0.346 e. The summed E-state index contributed by atoms with van der Waals surface area (Å²) in [6.45, 7) is 4.87. The highest BCUT2D eigenvalue weighted by Gasteiger charge is 2.26. The van der Waals surface area contributed by atoms with Crippen LogP contribution < -0.4 is 0 Å². The number of likely N-dealkylation sites (tertiary alicyclic amines) is 1. The topological polar surface area (TPSA) is 93.8 Å². The molecule has 1 saturated heterocycles. The summed E-state index contributed by atoms with van der Waals surface area (Å²) in [7, 11) is 3.32. The predicted molar refractivity (Wildman–Crippen MR) is 152 cm³/mol. The first kappa shape index (κ1) is 25.7. The second-order valence-corrected chi connectivity index (χ2v) is 10.7. The van der Waals surface area contributed by atoms with E-state index in [1.165, 1.54) is 28.2 Å². The predicted octanol–water partition coefficient (Wildman–Crippen LogP) is 5.30. The third-order valence-electron chi connectivity index (χ3n) is 8.08. The maximum Gasteiger partial charge on any atom is 0.255 e. The maximum atomic E-state index is 14.2. The summed E-state index contributed by atoms with van der Waals surface area (Å²) in [5.41, 5.74) is 7.74. The van der Waals surface area contributed by atoms with E-state index in [-0.39, 0.29) is 5.91 Å². The molecule has 1 N–H and O–H groups in total. The second-order valence-electron chi connectivity index (χ2n) is 10.7. The Hall–Kier alpha value is -4.55. The maximum absolute atomic E-state index is 14.2. The number of carbonyl (C=O) groups excluding carboxylic acids is 1. The van der Waals surface area contributed by atoms with Crippen molar-refractivity contribution in [3.05, 3.63) is 88.9 Å². The minimum absolute atomic E-state index is 0.264. The molecule has 0 spiro atoms. The van der Waals surface area contributed by atoms with Crippen LogP contribution >= 0.6 is 0 Å². The molecule has 2 aromatic carbocycles. The van der Waals surface area contributed by atoms with Crippen LogP contribution in [0.2, 0.25) is 0 Å². The van der Waals surface area contributed by atoms with Gasteiger partial charge in [0.2, 0.25) is 0 Å². The Morgan fingerprint density at radius 2 is 2.00 bits per heavy atom. The third kappa shape index (κ3) is 4.50. The molecule has 1 aliphatic heterocycles. The van der Waals surface area contributed by atoms with E-state index in [1.807, 2.05) is 10.6 Å². The Bertz CT molecular complexity index is 1790. The fourth-order valence-corrected chi connectivity index (χ4v) is 5.89. The molecule has 3 aromatic heterocycles. The van der Waals surface area contributed by atoms with Gasteiger partial charge < -0.3 is 14.5 Å². The molecule has 6 rings (SSSR count). The van der Waals surface area contributed by atoms with Gasteiger partial charge in [-0.2, -0.15) is 5.26 Å². The summed E-state index contributed by atoms with van der Waals surface area (Å²) in [5.74, 6) is -0.416. The van der Waals surface area contributed by atoms with E-state index in [4.69, 9.17) is 0 Å². The number of fused-ring (bicyclic) bond motifs is 2. The molecule has 8 nitrogen and oxygen atoms in total. The summed E-state index contributed by atoms with van der Waals surface area (Å²) in [4.78, 5) is 28.9. The first-order valence-electron chi connectivity index (χ1n) is 13.4. The molecule has 4 heterocycles. The molecule has 9 heteroatoms. The van der Waals surface area contributed by atoms with Crippen LogP contribution in [0.4, 0.5) is 4.39 Å². The van der Waals surface area contributed by atoms with Gasteiger partial charge in [-0.1, -0.05) is 6.07 Å². The molecule has 0 radical (unpaired) electrons. The number of hydrogen-bond acceptors (Lipinski definition) is 5. The fourth-order valence-electron chi connectivity index (χ4n) is 5.89. The Labute approximate surface area is 231 Å². The van der Waals surface area contributed by atoms with Crippen LogP contribution in [0.15, 0.2) is 55.1 Å². The van der Waals surface area contributed by atoms with Crippen LogP contribution in [0, 0.1) is 24.1 Å². The largest absolute Gasteiger partial charge is 0.346 e. The van der Waals surface area contributed by atoms with Gasteiger partial charge in [0, 0.05) is 37.7 Å². The van der Waals surface area contributed by atoms with Crippen molar-refractivity contribution in [3.63, 3.8) is 0 Å². The number of rotatable bonds is 5. The molecule has 0 bridgehead atoms. The highest BCUT2D eigenvalue weighted by Crippen LogP contribution is 2.36. The molecular weight excluding hydrogens is 505 g/mol. The van der Waals surface area contributed by atoms with Crippen molar-refractivity contribution in [3.8, 4) is 11.8 Å². The number of H-pyrrole nitrogens is 1. The highest BCUT2D eigenvalue weighted by atomic mass is 19.1. The summed E-state index contributed by atoms with van der Waals surface area (Å²) in [6, 6.07) is 12.7. The monoisotopic (exact) mass is 535 g/mol. The zero-order valence-corrected chi connectivity index (χ0v) is 22.8. The van der Waals surface area contributed by atoms with Crippen LogP contribution in [-0.4, -0.2) is 62.4 Å². The summed E-state index contributed by atoms with van der Waals surface area (Å²) < 4.78 is 16.1. The van der Waals surface area contributed by atoms with Gasteiger partial charge in [0.15, 0.2) is 0 Å². The Morgan fingerprint density at radius 3 is 2.75 bits per heavy atom. The zero-order chi connectivity index (χ0) is 28.0. The van der Waals surface area contributed by atoms with Crippen LogP contribution in [0.25, 0.3) is 27.6 Å². The van der Waals surface area contributed by atoms with Gasteiger partial charge in [-0.15, -0.1) is 0 Å². The van der Waals surface area contributed by atoms with Gasteiger partial charge in [0.05, 0.1) is 28.5 Å². The smallest absolute Gasteiger partial charge is 0.255 e. The lowest BCUT2D eigenvalue weighted by molar-refractivity contribution is 0.0827. The minimum atomic E-state index is -0.453. The molecule has 0 aliphatic carbocycles. The van der Waals surface area contributed by atoms with E-state index in [0.29, 0.717) is 22.9 Å². The summed E-state index contributed by atoms with van der Waals surface area (Å²) >= 11 is 0. The Morgan fingerprint density at radius 1 is 1.20 bits per heavy atom. The van der Waals surface area contributed by atoms with E-state index in [0.717, 1.165) is 60.0 Å². The lowest BCUT2D eigenvalue weighted by Gasteiger charge is -2.32. The van der Waals surface area contributed by atoms with Crippen molar-refractivity contribution in [1.29, 1.82) is 5.26 Å². The van der Waals surface area contributed by atoms with Gasteiger partial charge in [0.1, 0.15) is 23.9 Å². The van der Waals surface area contributed by atoms with Crippen molar-refractivity contribution in [2.75, 3.05) is 27.2 Å². The molecule has 0 saturated carbocycles. The molecular formula is C31H30FN7O. The molecule has 1 aliphatic rings. The van der Waals surface area contributed by atoms with Gasteiger partial charge in [-0.05, 0) is 85.8 Å². The molecule has 5 aromatic rings. The summed E-state index contributed by atoms with van der Waals surface area (Å²) in [5, 5.41) is 10.4. The number of piperidine rings is 1. The molecule has 1 fully saturated rings. The number of aryl methyl sites for hydroxylation is 1. The lowest BCUT2D eigenvalue weighted by Crippen LogP contribution is -2.32. The summed E-state index contributed by atoms with van der Waals surface area (Å²) in [6.07, 6.45) is 7.31. The van der Waals surface area contributed by atoms with Crippen molar-refractivity contribution in [2.45, 2.75) is 32.2 Å². The Balaban J connectivity index is 1.26. The number of carbonyl (C=O) groups is 1. The van der Waals surface area contributed by atoms with E-state index in [1.54, 1.807) is 32.7 Å². The third-order valence-corrected chi connectivity index (χ3v) is 8.08. The number of amides is 1. The number of halogens is 1. The highest BCUT2D eigenvalue weighted by molar-refractivity contribution is 5.98.